The van der Waals surface area contributed by atoms with E-state index in [0.717, 1.165) is 35.5 Å². The fourth-order valence-electron chi connectivity index (χ4n) is 4.26. The molecule has 29 heavy (non-hydrogen) atoms. The molecule has 2 aromatic rings. The fourth-order valence-corrected chi connectivity index (χ4v) is 5.20. The van der Waals surface area contributed by atoms with Gasteiger partial charge in [0.05, 0.1) is 10.2 Å². The van der Waals surface area contributed by atoms with Crippen LogP contribution >= 0.6 is 11.3 Å². The molecule has 2 amide bonds. The number of anilines is 1. The molecule has 1 aromatic carbocycles. The summed E-state index contributed by atoms with van der Waals surface area (Å²) in [5.74, 6) is 0.908. The number of nitrogens with one attached hydrogen (secondary N) is 1. The van der Waals surface area contributed by atoms with Crippen molar-refractivity contribution in [3.63, 3.8) is 0 Å². The van der Waals surface area contributed by atoms with E-state index in [1.165, 1.54) is 31.5 Å². The number of likely N-dealkylation sites (tertiary alicyclic amines) is 2. The van der Waals surface area contributed by atoms with Crippen LogP contribution in [-0.2, 0) is 16.1 Å². The standard InChI is InChI=1S/C22H30N4O2S/c1-15-5-9-25(10-6-15)14-17-3-4-19-20(13-17)29-22(23-19)24-21(28)18-7-11-26(12-8-18)16(2)27/h3-4,13,15,18H,5-12,14H2,1-2H3,(H,23,24,28). The summed E-state index contributed by atoms with van der Waals surface area (Å²) in [6.07, 6.45) is 4.00. The topological polar surface area (TPSA) is 65.5 Å². The summed E-state index contributed by atoms with van der Waals surface area (Å²) < 4.78 is 1.12. The van der Waals surface area contributed by atoms with Crippen molar-refractivity contribution >= 4 is 38.5 Å². The van der Waals surface area contributed by atoms with E-state index in [-0.39, 0.29) is 17.7 Å². The molecule has 0 radical (unpaired) electrons. The van der Waals surface area contributed by atoms with E-state index in [9.17, 15) is 9.59 Å². The van der Waals surface area contributed by atoms with Crippen molar-refractivity contribution in [1.82, 2.24) is 14.8 Å². The Balaban J connectivity index is 1.36. The van der Waals surface area contributed by atoms with E-state index < -0.39 is 0 Å². The molecule has 1 aromatic heterocycles. The number of hydrogen-bond donors (Lipinski definition) is 1. The molecule has 6 nitrogen and oxygen atoms in total. The van der Waals surface area contributed by atoms with Crippen LogP contribution < -0.4 is 5.32 Å². The SMILES string of the molecule is CC(=O)N1CCC(C(=O)Nc2nc3ccc(CN4CCC(C)CC4)cc3s2)CC1. The smallest absolute Gasteiger partial charge is 0.229 e. The average molecular weight is 415 g/mol. The third kappa shape index (κ3) is 4.95. The van der Waals surface area contributed by atoms with Gasteiger partial charge >= 0.3 is 0 Å². The van der Waals surface area contributed by atoms with E-state index in [0.29, 0.717) is 18.2 Å². The zero-order valence-electron chi connectivity index (χ0n) is 17.3. The molecule has 0 aliphatic carbocycles. The highest BCUT2D eigenvalue weighted by Gasteiger charge is 2.26. The molecule has 7 heteroatoms. The minimum atomic E-state index is -0.0466. The minimum absolute atomic E-state index is 0.0231. The Labute approximate surface area is 176 Å². The lowest BCUT2D eigenvalue weighted by atomic mass is 9.96. The predicted octanol–water partition coefficient (Wildman–Crippen LogP) is 3.73. The highest BCUT2D eigenvalue weighted by molar-refractivity contribution is 7.22. The van der Waals surface area contributed by atoms with Crippen molar-refractivity contribution in [3.8, 4) is 0 Å². The Bertz CT molecular complexity index is 880. The van der Waals surface area contributed by atoms with Crippen molar-refractivity contribution < 1.29 is 9.59 Å². The van der Waals surface area contributed by atoms with Gasteiger partial charge in [0.15, 0.2) is 5.13 Å². The molecule has 0 saturated carbocycles. The van der Waals surface area contributed by atoms with Crippen LogP contribution in [0.15, 0.2) is 18.2 Å². The molecule has 4 rings (SSSR count). The minimum Gasteiger partial charge on any atom is -0.343 e. The highest BCUT2D eigenvalue weighted by atomic mass is 32.1. The molecule has 0 spiro atoms. The van der Waals surface area contributed by atoms with Gasteiger partial charge in [-0.05, 0) is 62.4 Å². The number of rotatable bonds is 4. The number of benzene rings is 1. The van der Waals surface area contributed by atoms with Crippen molar-refractivity contribution in [2.75, 3.05) is 31.5 Å². The molecule has 1 N–H and O–H groups in total. The van der Waals surface area contributed by atoms with E-state index in [1.54, 1.807) is 18.3 Å². The molecule has 2 fully saturated rings. The number of thiazole rings is 1. The van der Waals surface area contributed by atoms with Gasteiger partial charge in [0.1, 0.15) is 0 Å². The maximum Gasteiger partial charge on any atom is 0.229 e. The molecule has 2 aliphatic rings. The first-order valence-corrected chi connectivity index (χ1v) is 11.5. The molecule has 2 saturated heterocycles. The van der Waals surface area contributed by atoms with Gasteiger partial charge in [-0.2, -0.15) is 0 Å². The van der Waals surface area contributed by atoms with Crippen molar-refractivity contribution in [2.45, 2.75) is 46.1 Å². The van der Waals surface area contributed by atoms with Gasteiger partial charge in [-0.1, -0.05) is 24.3 Å². The third-order valence-electron chi connectivity index (χ3n) is 6.28. The van der Waals surface area contributed by atoms with E-state index in [1.807, 2.05) is 4.90 Å². The first kappa shape index (κ1) is 20.3. The molecule has 0 unspecified atom stereocenters. The summed E-state index contributed by atoms with van der Waals surface area (Å²) in [6.45, 7) is 8.57. The Morgan fingerprint density at radius 3 is 2.55 bits per heavy atom. The number of amides is 2. The van der Waals surface area contributed by atoms with E-state index >= 15 is 0 Å². The van der Waals surface area contributed by atoms with Gasteiger partial charge in [0.2, 0.25) is 11.8 Å². The first-order chi connectivity index (χ1) is 14.0. The Hall–Kier alpha value is -1.99. The molecule has 2 aliphatic heterocycles. The van der Waals surface area contributed by atoms with Crippen LogP contribution in [0.4, 0.5) is 5.13 Å². The lowest BCUT2D eigenvalue weighted by Gasteiger charge is -2.30. The highest BCUT2D eigenvalue weighted by Crippen LogP contribution is 2.29. The second-order valence-electron chi connectivity index (χ2n) is 8.55. The molecule has 156 valence electrons. The van der Waals surface area contributed by atoms with Crippen molar-refractivity contribution in [3.05, 3.63) is 23.8 Å². The third-order valence-corrected chi connectivity index (χ3v) is 7.21. The summed E-state index contributed by atoms with van der Waals surface area (Å²) >= 11 is 1.55. The van der Waals surface area contributed by atoms with Crippen LogP contribution in [0.2, 0.25) is 0 Å². The summed E-state index contributed by atoms with van der Waals surface area (Å²) in [4.78, 5) is 33.0. The maximum absolute atomic E-state index is 12.6. The predicted molar refractivity (Wildman–Crippen MR) is 117 cm³/mol. The summed E-state index contributed by atoms with van der Waals surface area (Å²) in [5, 5.41) is 3.67. The summed E-state index contributed by atoms with van der Waals surface area (Å²) in [7, 11) is 0. The molecule has 0 atom stereocenters. The molecule has 3 heterocycles. The molecule has 0 bridgehead atoms. The van der Waals surface area contributed by atoms with Gasteiger partial charge in [-0.15, -0.1) is 0 Å². The second kappa shape index (κ2) is 8.79. The van der Waals surface area contributed by atoms with Crippen molar-refractivity contribution in [2.24, 2.45) is 11.8 Å². The zero-order chi connectivity index (χ0) is 20.4. The Morgan fingerprint density at radius 1 is 1.14 bits per heavy atom. The summed E-state index contributed by atoms with van der Waals surface area (Å²) in [6, 6.07) is 6.43. The number of nitrogens with zero attached hydrogens (tertiary/aromatic N) is 3. The van der Waals surface area contributed by atoms with Gasteiger partial charge in [0, 0.05) is 32.5 Å². The van der Waals surface area contributed by atoms with Crippen molar-refractivity contribution in [1.29, 1.82) is 0 Å². The molecular formula is C22H30N4O2S. The van der Waals surface area contributed by atoms with Crippen LogP contribution in [-0.4, -0.2) is 52.8 Å². The quantitative estimate of drug-likeness (QED) is 0.828. The monoisotopic (exact) mass is 414 g/mol. The maximum atomic E-state index is 12.6. The van der Waals surface area contributed by atoms with Gasteiger partial charge in [0.25, 0.3) is 0 Å². The van der Waals surface area contributed by atoms with Crippen LogP contribution in [0.5, 0.6) is 0 Å². The van der Waals surface area contributed by atoms with Crippen LogP contribution in [0.1, 0.15) is 45.1 Å². The number of aromatic nitrogens is 1. The van der Waals surface area contributed by atoms with Gasteiger partial charge in [-0.25, -0.2) is 4.98 Å². The van der Waals surface area contributed by atoms with Crippen LogP contribution in [0.3, 0.4) is 0 Å². The summed E-state index contributed by atoms with van der Waals surface area (Å²) in [5.41, 5.74) is 2.25. The second-order valence-corrected chi connectivity index (χ2v) is 9.58. The van der Waals surface area contributed by atoms with Gasteiger partial charge in [-0.3, -0.25) is 14.5 Å². The Morgan fingerprint density at radius 2 is 1.86 bits per heavy atom. The average Bonchev–Trinajstić information content (AvgIpc) is 3.11. The van der Waals surface area contributed by atoms with Gasteiger partial charge < -0.3 is 10.2 Å². The number of carbonyl (C=O) groups excluding carboxylic acids is 2. The first-order valence-electron chi connectivity index (χ1n) is 10.7. The number of carbonyl (C=O) groups is 2. The largest absolute Gasteiger partial charge is 0.343 e. The van der Waals surface area contributed by atoms with E-state index in [2.05, 4.69) is 40.3 Å². The number of piperidine rings is 2. The fraction of sp³-hybridized carbons (Fsp3) is 0.591. The normalized spacial score (nSPS) is 19.6. The number of fused-ring (bicyclic) bond motifs is 1. The lowest BCUT2D eigenvalue weighted by molar-refractivity contribution is -0.132. The number of hydrogen-bond acceptors (Lipinski definition) is 5. The zero-order valence-corrected chi connectivity index (χ0v) is 18.1. The molecular weight excluding hydrogens is 384 g/mol. The lowest BCUT2D eigenvalue weighted by Crippen LogP contribution is -2.40. The Kier molecular flexibility index (Phi) is 6.15. The van der Waals surface area contributed by atoms with E-state index in [4.69, 9.17) is 0 Å². The van der Waals surface area contributed by atoms with Crippen LogP contribution in [0.25, 0.3) is 10.2 Å². The van der Waals surface area contributed by atoms with Crippen LogP contribution in [0, 0.1) is 11.8 Å².